The summed E-state index contributed by atoms with van der Waals surface area (Å²) in [6, 6.07) is 4.58. The van der Waals surface area contributed by atoms with E-state index >= 15 is 0 Å². The molecule has 1 N–H and O–H groups in total. The molecule has 3 rings (SSSR count). The molecular formula is C16H18FN3O3. The highest BCUT2D eigenvalue weighted by atomic mass is 19.1. The van der Waals surface area contributed by atoms with Crippen LogP contribution in [0.2, 0.25) is 0 Å². The number of ether oxygens (including phenoxy) is 1. The molecular weight excluding hydrogens is 301 g/mol. The summed E-state index contributed by atoms with van der Waals surface area (Å²) < 4.78 is 24.6. The van der Waals surface area contributed by atoms with Gasteiger partial charge in [0.05, 0.1) is 30.8 Å². The molecule has 2 aromatic heterocycles. The second kappa shape index (κ2) is 7.23. The van der Waals surface area contributed by atoms with Gasteiger partial charge in [0.2, 0.25) is 0 Å². The van der Waals surface area contributed by atoms with Crippen molar-refractivity contribution in [3.05, 3.63) is 48.4 Å². The molecule has 2 aromatic rings. The fourth-order valence-corrected chi connectivity index (χ4v) is 2.51. The van der Waals surface area contributed by atoms with E-state index in [2.05, 4.69) is 10.3 Å². The molecule has 1 atom stereocenters. The first-order chi connectivity index (χ1) is 11.2. The van der Waals surface area contributed by atoms with E-state index < -0.39 is 11.8 Å². The number of furan rings is 1. The van der Waals surface area contributed by atoms with Gasteiger partial charge in [0.25, 0.3) is 0 Å². The van der Waals surface area contributed by atoms with Crippen LogP contribution in [0.3, 0.4) is 0 Å². The minimum Gasteiger partial charge on any atom is -0.467 e. The van der Waals surface area contributed by atoms with Gasteiger partial charge in [-0.3, -0.25) is 4.98 Å². The van der Waals surface area contributed by atoms with Gasteiger partial charge in [0.1, 0.15) is 5.76 Å². The van der Waals surface area contributed by atoms with Gasteiger partial charge < -0.3 is 19.4 Å². The van der Waals surface area contributed by atoms with Crippen LogP contribution < -0.4 is 5.32 Å². The molecule has 0 bridgehead atoms. The van der Waals surface area contributed by atoms with Crippen molar-refractivity contribution in [1.29, 1.82) is 0 Å². The summed E-state index contributed by atoms with van der Waals surface area (Å²) in [5, 5.41) is 2.57. The molecule has 122 valence electrons. The van der Waals surface area contributed by atoms with E-state index in [1.54, 1.807) is 23.3 Å². The number of amides is 2. The first-order valence-corrected chi connectivity index (χ1v) is 7.52. The van der Waals surface area contributed by atoms with Crippen LogP contribution in [0.4, 0.5) is 14.9 Å². The van der Waals surface area contributed by atoms with Crippen molar-refractivity contribution in [3.8, 4) is 0 Å². The summed E-state index contributed by atoms with van der Waals surface area (Å²) in [5.74, 6) is 0.0873. The standard InChI is InChI=1S/C16H18FN3O3/c17-14-9-18-6-5-15(14)19-16(21)20(10-12-3-1-7-22-12)11-13-4-2-8-23-13/h1,3,5-7,9,13H,2,4,8,10-11H2,(H,18,19,21). The number of hydrogen-bond donors (Lipinski definition) is 1. The molecule has 23 heavy (non-hydrogen) atoms. The molecule has 0 radical (unpaired) electrons. The van der Waals surface area contributed by atoms with E-state index in [9.17, 15) is 9.18 Å². The van der Waals surface area contributed by atoms with E-state index in [-0.39, 0.29) is 11.8 Å². The van der Waals surface area contributed by atoms with Gasteiger partial charge >= 0.3 is 6.03 Å². The lowest BCUT2D eigenvalue weighted by atomic mass is 10.2. The summed E-state index contributed by atoms with van der Waals surface area (Å²) in [6.07, 6.45) is 5.94. The number of hydrogen-bond acceptors (Lipinski definition) is 4. The molecule has 1 aliphatic rings. The fraction of sp³-hybridized carbons (Fsp3) is 0.375. The number of pyridine rings is 1. The van der Waals surface area contributed by atoms with Crippen molar-refractivity contribution in [2.24, 2.45) is 0 Å². The van der Waals surface area contributed by atoms with Crippen LogP contribution in [0.1, 0.15) is 18.6 Å². The predicted molar refractivity (Wildman–Crippen MR) is 81.3 cm³/mol. The first kappa shape index (κ1) is 15.5. The second-order valence-corrected chi connectivity index (χ2v) is 5.38. The summed E-state index contributed by atoms with van der Waals surface area (Å²) in [7, 11) is 0. The SMILES string of the molecule is O=C(Nc1ccncc1F)N(Cc1ccco1)CC1CCCO1. The van der Waals surface area contributed by atoms with Gasteiger partial charge in [-0.1, -0.05) is 0 Å². The first-order valence-electron chi connectivity index (χ1n) is 7.52. The topological polar surface area (TPSA) is 67.6 Å². The molecule has 2 amide bonds. The van der Waals surface area contributed by atoms with Crippen LogP contribution in [0.15, 0.2) is 41.3 Å². The van der Waals surface area contributed by atoms with Crippen LogP contribution in [-0.2, 0) is 11.3 Å². The maximum absolute atomic E-state index is 13.7. The Morgan fingerprint density at radius 3 is 3.09 bits per heavy atom. The summed E-state index contributed by atoms with van der Waals surface area (Å²) in [5.41, 5.74) is 0.0989. The maximum Gasteiger partial charge on any atom is 0.322 e. The highest BCUT2D eigenvalue weighted by molar-refractivity contribution is 5.89. The van der Waals surface area contributed by atoms with Gasteiger partial charge in [-0.2, -0.15) is 0 Å². The highest BCUT2D eigenvalue weighted by Gasteiger charge is 2.24. The van der Waals surface area contributed by atoms with Crippen molar-refractivity contribution in [2.75, 3.05) is 18.5 Å². The predicted octanol–water partition coefficient (Wildman–Crippen LogP) is 3.03. The van der Waals surface area contributed by atoms with E-state index in [0.717, 1.165) is 19.0 Å². The number of urea groups is 1. The maximum atomic E-state index is 13.7. The average Bonchev–Trinajstić information content (AvgIpc) is 3.22. The zero-order chi connectivity index (χ0) is 16.1. The highest BCUT2D eigenvalue weighted by Crippen LogP contribution is 2.17. The number of carbonyl (C=O) groups excluding carboxylic acids is 1. The van der Waals surface area contributed by atoms with E-state index in [1.165, 1.54) is 12.3 Å². The number of rotatable bonds is 5. The van der Waals surface area contributed by atoms with Crippen molar-refractivity contribution < 1.29 is 18.3 Å². The van der Waals surface area contributed by atoms with Crippen molar-refractivity contribution in [2.45, 2.75) is 25.5 Å². The van der Waals surface area contributed by atoms with Crippen molar-refractivity contribution in [1.82, 2.24) is 9.88 Å². The molecule has 6 nitrogen and oxygen atoms in total. The number of nitrogens with zero attached hydrogens (tertiary/aromatic N) is 2. The third kappa shape index (κ3) is 4.07. The molecule has 1 fully saturated rings. The Bertz CT molecular complexity index is 642. The van der Waals surface area contributed by atoms with Gasteiger partial charge in [0, 0.05) is 19.3 Å². The van der Waals surface area contributed by atoms with Crippen molar-refractivity contribution >= 4 is 11.7 Å². The zero-order valence-electron chi connectivity index (χ0n) is 12.6. The van der Waals surface area contributed by atoms with E-state index in [4.69, 9.17) is 9.15 Å². The minimum absolute atomic E-state index is 0.00185. The van der Waals surface area contributed by atoms with E-state index in [0.29, 0.717) is 25.5 Å². The van der Waals surface area contributed by atoms with Gasteiger partial charge in [-0.15, -0.1) is 0 Å². The van der Waals surface area contributed by atoms with Crippen LogP contribution in [0, 0.1) is 5.82 Å². The number of nitrogens with one attached hydrogen (secondary N) is 1. The Kier molecular flexibility index (Phi) is 4.87. The lowest BCUT2D eigenvalue weighted by Crippen LogP contribution is -2.39. The number of halogens is 1. The molecule has 0 spiro atoms. The monoisotopic (exact) mass is 319 g/mol. The summed E-state index contributed by atoms with van der Waals surface area (Å²) in [6.45, 7) is 1.44. The number of anilines is 1. The Hall–Kier alpha value is -2.41. The molecule has 7 heteroatoms. The minimum atomic E-state index is -0.573. The lowest BCUT2D eigenvalue weighted by Gasteiger charge is -2.25. The van der Waals surface area contributed by atoms with Crippen LogP contribution in [0.25, 0.3) is 0 Å². The summed E-state index contributed by atoms with van der Waals surface area (Å²) >= 11 is 0. The largest absolute Gasteiger partial charge is 0.467 e. The molecule has 0 aliphatic carbocycles. The molecule has 0 aromatic carbocycles. The van der Waals surface area contributed by atoms with Gasteiger partial charge in [-0.25, -0.2) is 9.18 Å². The Morgan fingerprint density at radius 1 is 1.48 bits per heavy atom. The molecule has 1 saturated heterocycles. The van der Waals surface area contributed by atoms with Crippen LogP contribution in [-0.4, -0.2) is 35.2 Å². The van der Waals surface area contributed by atoms with Gasteiger partial charge in [-0.05, 0) is 31.0 Å². The third-order valence-electron chi connectivity index (χ3n) is 3.68. The smallest absolute Gasteiger partial charge is 0.322 e. The average molecular weight is 319 g/mol. The molecule has 3 heterocycles. The summed E-state index contributed by atoms with van der Waals surface area (Å²) in [4.78, 5) is 17.7. The fourth-order valence-electron chi connectivity index (χ4n) is 2.51. The number of aromatic nitrogens is 1. The third-order valence-corrected chi connectivity index (χ3v) is 3.68. The van der Waals surface area contributed by atoms with E-state index in [1.807, 2.05) is 0 Å². The van der Waals surface area contributed by atoms with Crippen molar-refractivity contribution in [3.63, 3.8) is 0 Å². The normalized spacial score (nSPS) is 17.2. The zero-order valence-corrected chi connectivity index (χ0v) is 12.6. The Labute approximate surface area is 133 Å². The second-order valence-electron chi connectivity index (χ2n) is 5.38. The lowest BCUT2D eigenvalue weighted by molar-refractivity contribution is 0.0802. The molecule has 1 aliphatic heterocycles. The Morgan fingerprint density at radius 2 is 2.39 bits per heavy atom. The van der Waals surface area contributed by atoms with Crippen LogP contribution >= 0.6 is 0 Å². The quantitative estimate of drug-likeness (QED) is 0.920. The number of carbonyl (C=O) groups is 1. The van der Waals surface area contributed by atoms with Gasteiger partial charge in [0.15, 0.2) is 5.82 Å². The van der Waals surface area contributed by atoms with Crippen LogP contribution in [0.5, 0.6) is 0 Å². The molecule has 1 unspecified atom stereocenters. The Balaban J connectivity index is 1.70. The molecule has 0 saturated carbocycles.